The number of hydrogen-bond acceptors (Lipinski definition) is 3. The highest BCUT2D eigenvalue weighted by Crippen LogP contribution is 2.20. The largest absolute Gasteiger partial charge is 0.497 e. The van der Waals surface area contributed by atoms with E-state index >= 15 is 0 Å². The van der Waals surface area contributed by atoms with Crippen molar-refractivity contribution in [2.75, 3.05) is 38.7 Å². The average molecular weight is 367 g/mol. The number of anilines is 1. The van der Waals surface area contributed by atoms with Gasteiger partial charge >= 0.3 is 0 Å². The first-order valence-electron chi connectivity index (χ1n) is 9.59. The predicted molar refractivity (Wildman–Crippen MR) is 113 cm³/mol. The van der Waals surface area contributed by atoms with Crippen LogP contribution < -0.4 is 20.3 Å². The van der Waals surface area contributed by atoms with Crippen LogP contribution in [0.25, 0.3) is 0 Å². The molecule has 0 saturated carbocycles. The molecule has 0 spiro atoms. The number of guanidine groups is 1. The van der Waals surface area contributed by atoms with Crippen LogP contribution in [0.5, 0.6) is 5.75 Å². The first-order valence-corrected chi connectivity index (χ1v) is 9.59. The zero-order valence-corrected chi connectivity index (χ0v) is 16.5. The van der Waals surface area contributed by atoms with E-state index < -0.39 is 0 Å². The molecule has 1 heterocycles. The topological polar surface area (TPSA) is 48.9 Å². The third kappa shape index (κ3) is 5.39. The quantitative estimate of drug-likeness (QED) is 0.610. The SMILES string of the molecule is CN=C(NCCc1cccc(OC)c1)NC1CCN(c2ccc(C)cc2)C1. The van der Waals surface area contributed by atoms with Gasteiger partial charge in [0, 0.05) is 38.4 Å². The van der Waals surface area contributed by atoms with Gasteiger partial charge in [-0.2, -0.15) is 0 Å². The van der Waals surface area contributed by atoms with Gasteiger partial charge in [-0.25, -0.2) is 0 Å². The molecule has 0 aliphatic carbocycles. The number of rotatable bonds is 6. The van der Waals surface area contributed by atoms with Crippen molar-refractivity contribution in [2.45, 2.75) is 25.8 Å². The molecule has 1 atom stereocenters. The number of hydrogen-bond donors (Lipinski definition) is 2. The van der Waals surface area contributed by atoms with Crippen molar-refractivity contribution in [1.29, 1.82) is 0 Å². The van der Waals surface area contributed by atoms with E-state index in [4.69, 9.17) is 4.74 Å². The molecule has 0 amide bonds. The second kappa shape index (κ2) is 9.31. The van der Waals surface area contributed by atoms with Crippen LogP contribution in [0.1, 0.15) is 17.5 Å². The van der Waals surface area contributed by atoms with Gasteiger partial charge in [-0.3, -0.25) is 4.99 Å². The van der Waals surface area contributed by atoms with Crippen molar-refractivity contribution >= 4 is 11.6 Å². The van der Waals surface area contributed by atoms with Gasteiger partial charge < -0.3 is 20.3 Å². The highest BCUT2D eigenvalue weighted by molar-refractivity contribution is 5.80. The Hall–Kier alpha value is -2.69. The van der Waals surface area contributed by atoms with Crippen LogP contribution in [0.3, 0.4) is 0 Å². The summed E-state index contributed by atoms with van der Waals surface area (Å²) in [7, 11) is 3.53. The van der Waals surface area contributed by atoms with Crippen LogP contribution in [0.4, 0.5) is 5.69 Å². The second-order valence-electron chi connectivity index (χ2n) is 7.01. The number of benzene rings is 2. The molecule has 2 N–H and O–H groups in total. The number of nitrogens with zero attached hydrogens (tertiary/aromatic N) is 2. The van der Waals surface area contributed by atoms with E-state index in [-0.39, 0.29) is 0 Å². The monoisotopic (exact) mass is 366 g/mol. The van der Waals surface area contributed by atoms with Gasteiger partial charge in [0.2, 0.25) is 0 Å². The third-order valence-corrected chi connectivity index (χ3v) is 4.99. The number of methoxy groups -OCH3 is 1. The lowest BCUT2D eigenvalue weighted by molar-refractivity contribution is 0.414. The molecule has 2 aromatic rings. The van der Waals surface area contributed by atoms with Gasteiger partial charge in [-0.15, -0.1) is 0 Å². The fourth-order valence-electron chi connectivity index (χ4n) is 3.41. The highest BCUT2D eigenvalue weighted by Gasteiger charge is 2.23. The molecule has 1 fully saturated rings. The summed E-state index contributed by atoms with van der Waals surface area (Å²) in [6.07, 6.45) is 2.04. The van der Waals surface area contributed by atoms with Crippen molar-refractivity contribution in [3.05, 3.63) is 59.7 Å². The summed E-state index contributed by atoms with van der Waals surface area (Å²) in [6, 6.07) is 17.4. The van der Waals surface area contributed by atoms with Gasteiger partial charge in [-0.1, -0.05) is 29.8 Å². The second-order valence-corrected chi connectivity index (χ2v) is 7.01. The Labute approximate surface area is 162 Å². The Morgan fingerprint density at radius 2 is 2.04 bits per heavy atom. The smallest absolute Gasteiger partial charge is 0.191 e. The minimum atomic E-state index is 0.411. The molecule has 1 unspecified atom stereocenters. The van der Waals surface area contributed by atoms with Gasteiger partial charge in [0.05, 0.1) is 7.11 Å². The molecule has 2 aromatic carbocycles. The molecule has 1 aliphatic rings. The standard InChI is InChI=1S/C22H30N4O/c1-17-7-9-20(10-8-17)26-14-12-19(16-26)25-22(23-2)24-13-11-18-5-4-6-21(15-18)27-3/h4-10,15,19H,11-14,16H2,1-3H3,(H2,23,24,25). The van der Waals surface area contributed by atoms with E-state index in [1.54, 1.807) is 7.11 Å². The highest BCUT2D eigenvalue weighted by atomic mass is 16.5. The summed E-state index contributed by atoms with van der Waals surface area (Å²) < 4.78 is 5.28. The van der Waals surface area contributed by atoms with Crippen molar-refractivity contribution < 1.29 is 4.74 Å². The minimum absolute atomic E-state index is 0.411. The van der Waals surface area contributed by atoms with Crippen LogP contribution in [0, 0.1) is 6.92 Å². The van der Waals surface area contributed by atoms with Crippen molar-refractivity contribution in [1.82, 2.24) is 10.6 Å². The number of aliphatic imine (C=N–C) groups is 1. The Morgan fingerprint density at radius 1 is 1.22 bits per heavy atom. The minimum Gasteiger partial charge on any atom is -0.497 e. The fourth-order valence-corrected chi connectivity index (χ4v) is 3.41. The molecule has 5 nitrogen and oxygen atoms in total. The molecule has 1 saturated heterocycles. The summed E-state index contributed by atoms with van der Waals surface area (Å²) in [4.78, 5) is 6.81. The molecule has 144 valence electrons. The van der Waals surface area contributed by atoms with Gasteiger partial charge in [0.15, 0.2) is 5.96 Å². The molecular formula is C22H30N4O. The number of nitrogens with one attached hydrogen (secondary N) is 2. The summed E-state index contributed by atoms with van der Waals surface area (Å²) in [5.41, 5.74) is 3.85. The molecule has 0 radical (unpaired) electrons. The van der Waals surface area contributed by atoms with E-state index in [1.807, 2.05) is 19.2 Å². The van der Waals surface area contributed by atoms with Crippen LogP contribution in [-0.2, 0) is 6.42 Å². The average Bonchev–Trinajstić information content (AvgIpc) is 3.16. The van der Waals surface area contributed by atoms with Crippen molar-refractivity contribution in [3.63, 3.8) is 0 Å². The molecule has 0 aromatic heterocycles. The maximum absolute atomic E-state index is 5.28. The van der Waals surface area contributed by atoms with E-state index in [0.717, 1.165) is 44.2 Å². The van der Waals surface area contributed by atoms with Crippen molar-refractivity contribution in [2.24, 2.45) is 4.99 Å². The molecule has 0 bridgehead atoms. The predicted octanol–water partition coefficient (Wildman–Crippen LogP) is 2.99. The zero-order valence-electron chi connectivity index (χ0n) is 16.5. The summed E-state index contributed by atoms with van der Waals surface area (Å²) in [5, 5.41) is 6.98. The molecule has 1 aliphatic heterocycles. The third-order valence-electron chi connectivity index (χ3n) is 4.99. The van der Waals surface area contributed by atoms with Crippen LogP contribution in [-0.4, -0.2) is 45.8 Å². The van der Waals surface area contributed by atoms with Crippen LogP contribution >= 0.6 is 0 Å². The first kappa shape index (κ1) is 19.1. The fraction of sp³-hybridized carbons (Fsp3) is 0.409. The van der Waals surface area contributed by atoms with Crippen LogP contribution in [0.2, 0.25) is 0 Å². The molecular weight excluding hydrogens is 336 g/mol. The van der Waals surface area contributed by atoms with E-state index in [2.05, 4.69) is 63.8 Å². The number of aryl methyl sites for hydroxylation is 1. The van der Waals surface area contributed by atoms with Crippen LogP contribution in [0.15, 0.2) is 53.5 Å². The Balaban J connectivity index is 1.45. The first-order chi connectivity index (χ1) is 13.2. The Morgan fingerprint density at radius 3 is 2.78 bits per heavy atom. The zero-order chi connectivity index (χ0) is 19.1. The Kier molecular flexibility index (Phi) is 6.58. The maximum Gasteiger partial charge on any atom is 0.191 e. The lowest BCUT2D eigenvalue weighted by Crippen LogP contribution is -2.45. The van der Waals surface area contributed by atoms with E-state index in [1.165, 1.54) is 16.8 Å². The Bertz CT molecular complexity index is 757. The normalized spacial score (nSPS) is 17.1. The molecule has 3 rings (SSSR count). The van der Waals surface area contributed by atoms with Gasteiger partial charge in [0.1, 0.15) is 5.75 Å². The van der Waals surface area contributed by atoms with E-state index in [9.17, 15) is 0 Å². The number of ether oxygens (including phenoxy) is 1. The van der Waals surface area contributed by atoms with Gasteiger partial charge in [-0.05, 0) is 49.6 Å². The summed E-state index contributed by atoms with van der Waals surface area (Å²) in [5.74, 6) is 1.77. The molecule has 5 heteroatoms. The molecule has 27 heavy (non-hydrogen) atoms. The van der Waals surface area contributed by atoms with E-state index in [0.29, 0.717) is 6.04 Å². The summed E-state index contributed by atoms with van der Waals surface area (Å²) >= 11 is 0. The lowest BCUT2D eigenvalue weighted by Gasteiger charge is -2.20. The van der Waals surface area contributed by atoms with Gasteiger partial charge in [0.25, 0.3) is 0 Å². The maximum atomic E-state index is 5.28. The summed E-state index contributed by atoms with van der Waals surface area (Å²) in [6.45, 7) is 5.03. The van der Waals surface area contributed by atoms with Crippen molar-refractivity contribution in [3.8, 4) is 5.75 Å². The lowest BCUT2D eigenvalue weighted by atomic mass is 10.1.